The lowest BCUT2D eigenvalue weighted by atomic mass is 9.84. The van der Waals surface area contributed by atoms with E-state index in [1.807, 2.05) is 6.07 Å². The summed E-state index contributed by atoms with van der Waals surface area (Å²) in [6, 6.07) is 6.11. The maximum absolute atomic E-state index is 5.48. The zero-order valence-corrected chi connectivity index (χ0v) is 21.8. The van der Waals surface area contributed by atoms with E-state index in [0.717, 1.165) is 49.7 Å². The number of ether oxygens (including phenoxy) is 3. The van der Waals surface area contributed by atoms with Gasteiger partial charge in [0, 0.05) is 38.8 Å². The number of nitrogens with zero attached hydrogens (tertiary/aromatic N) is 2. The van der Waals surface area contributed by atoms with Gasteiger partial charge in [-0.05, 0) is 49.8 Å². The minimum Gasteiger partial charge on any atom is -0.493 e. The molecule has 1 aliphatic heterocycles. The topological polar surface area (TPSA) is 55.3 Å². The Bertz CT molecular complexity index is 661. The van der Waals surface area contributed by atoms with E-state index in [-0.39, 0.29) is 29.4 Å². The number of halogens is 1. The number of rotatable bonds is 9. The molecule has 172 valence electrons. The summed E-state index contributed by atoms with van der Waals surface area (Å²) in [6.45, 7) is 10.9. The molecule has 0 spiro atoms. The molecule has 0 atom stereocenters. The fourth-order valence-corrected chi connectivity index (χ4v) is 3.61. The Morgan fingerprint density at radius 1 is 1.20 bits per heavy atom. The van der Waals surface area contributed by atoms with Crippen LogP contribution in [0.3, 0.4) is 0 Å². The summed E-state index contributed by atoms with van der Waals surface area (Å²) in [5.41, 5.74) is 1.06. The average molecular weight is 533 g/mol. The van der Waals surface area contributed by atoms with Crippen molar-refractivity contribution in [3.8, 4) is 11.5 Å². The third-order valence-corrected chi connectivity index (χ3v) is 5.70. The summed E-state index contributed by atoms with van der Waals surface area (Å²) in [5.74, 6) is 3.23. The predicted molar refractivity (Wildman–Crippen MR) is 135 cm³/mol. The van der Waals surface area contributed by atoms with E-state index < -0.39 is 0 Å². The van der Waals surface area contributed by atoms with Crippen LogP contribution in [0.5, 0.6) is 11.5 Å². The van der Waals surface area contributed by atoms with Crippen LogP contribution in [-0.4, -0.2) is 65.0 Å². The number of hydrogen-bond acceptors (Lipinski definition) is 4. The average Bonchev–Trinajstić information content (AvgIpc) is 2.75. The highest BCUT2D eigenvalue weighted by Crippen LogP contribution is 2.33. The molecule has 1 aliphatic rings. The van der Waals surface area contributed by atoms with Gasteiger partial charge in [-0.2, -0.15) is 0 Å². The molecule has 2 rings (SSSR count). The van der Waals surface area contributed by atoms with Gasteiger partial charge in [-0.1, -0.05) is 19.9 Å². The number of benzene rings is 1. The molecule has 0 radical (unpaired) electrons. The number of guanidine groups is 1. The van der Waals surface area contributed by atoms with Crippen LogP contribution in [0.2, 0.25) is 0 Å². The Morgan fingerprint density at radius 3 is 2.47 bits per heavy atom. The van der Waals surface area contributed by atoms with Crippen molar-refractivity contribution in [2.24, 2.45) is 10.9 Å². The third kappa shape index (κ3) is 7.80. The maximum atomic E-state index is 5.48. The molecule has 0 bridgehead atoms. The van der Waals surface area contributed by atoms with Gasteiger partial charge in [0.25, 0.3) is 0 Å². The summed E-state index contributed by atoms with van der Waals surface area (Å²) >= 11 is 0. The van der Waals surface area contributed by atoms with Crippen molar-refractivity contribution >= 4 is 29.9 Å². The molecule has 1 aromatic carbocycles. The molecule has 7 heteroatoms. The first-order valence-electron chi connectivity index (χ1n) is 10.7. The minimum atomic E-state index is -0.123. The summed E-state index contributed by atoms with van der Waals surface area (Å²) < 4.78 is 16.3. The Kier molecular flexibility index (Phi) is 11.8. The Hall–Kier alpha value is -1.22. The molecule has 30 heavy (non-hydrogen) atoms. The minimum absolute atomic E-state index is 0. The summed E-state index contributed by atoms with van der Waals surface area (Å²) in [6.07, 6.45) is 3.53. The van der Waals surface area contributed by atoms with Gasteiger partial charge in [-0.15, -0.1) is 24.0 Å². The maximum Gasteiger partial charge on any atom is 0.193 e. The van der Waals surface area contributed by atoms with Gasteiger partial charge >= 0.3 is 0 Å². The monoisotopic (exact) mass is 533 g/mol. The summed E-state index contributed by atoms with van der Waals surface area (Å²) in [5, 5.41) is 3.44. The van der Waals surface area contributed by atoms with Crippen molar-refractivity contribution in [3.63, 3.8) is 0 Å². The molecule has 6 nitrogen and oxygen atoms in total. The van der Waals surface area contributed by atoms with Gasteiger partial charge in [0.2, 0.25) is 0 Å². The fraction of sp³-hybridized carbons (Fsp3) is 0.696. The van der Waals surface area contributed by atoms with E-state index >= 15 is 0 Å². The van der Waals surface area contributed by atoms with E-state index in [2.05, 4.69) is 50.2 Å². The van der Waals surface area contributed by atoms with E-state index in [9.17, 15) is 0 Å². The van der Waals surface area contributed by atoms with Crippen molar-refractivity contribution in [1.82, 2.24) is 10.2 Å². The highest BCUT2D eigenvalue weighted by Gasteiger charge is 2.23. The number of methoxy groups -OCH3 is 2. The van der Waals surface area contributed by atoms with Crippen LogP contribution >= 0.6 is 24.0 Å². The smallest absolute Gasteiger partial charge is 0.193 e. The molecule has 0 aromatic heterocycles. The second kappa shape index (κ2) is 13.2. The van der Waals surface area contributed by atoms with Crippen LogP contribution in [-0.2, 0) is 10.2 Å². The van der Waals surface area contributed by atoms with Crippen molar-refractivity contribution in [1.29, 1.82) is 0 Å². The van der Waals surface area contributed by atoms with E-state index in [0.29, 0.717) is 6.54 Å². The van der Waals surface area contributed by atoms with Crippen molar-refractivity contribution in [2.45, 2.75) is 45.4 Å². The highest BCUT2D eigenvalue weighted by molar-refractivity contribution is 14.0. The fourth-order valence-electron chi connectivity index (χ4n) is 3.61. The molecule has 0 amide bonds. The molecule has 1 N–H and O–H groups in total. The summed E-state index contributed by atoms with van der Waals surface area (Å²) in [4.78, 5) is 7.21. The standard InChI is InChI=1S/C23H39N3O3.HI/c1-7-24-22(26(4)13-10-18-11-14-29-15-12-18)25-17-23(2,3)19-8-9-20(27-5)21(16-19)28-6;/h8-9,16,18H,7,10-15,17H2,1-6H3,(H,24,25);1H. The molecule has 1 heterocycles. The third-order valence-electron chi connectivity index (χ3n) is 5.70. The van der Waals surface area contributed by atoms with E-state index in [4.69, 9.17) is 19.2 Å². The number of hydrogen-bond donors (Lipinski definition) is 1. The van der Waals surface area contributed by atoms with Crippen LogP contribution in [0, 0.1) is 5.92 Å². The molecular formula is C23H40IN3O3. The molecule has 1 saturated heterocycles. The van der Waals surface area contributed by atoms with Gasteiger partial charge in [0.15, 0.2) is 17.5 Å². The zero-order chi connectivity index (χ0) is 21.3. The van der Waals surface area contributed by atoms with Gasteiger partial charge in [0.1, 0.15) is 0 Å². The van der Waals surface area contributed by atoms with Crippen LogP contribution in [0.4, 0.5) is 0 Å². The van der Waals surface area contributed by atoms with E-state index in [1.54, 1.807) is 14.2 Å². The van der Waals surface area contributed by atoms with Crippen molar-refractivity contribution < 1.29 is 14.2 Å². The second-order valence-electron chi connectivity index (χ2n) is 8.39. The highest BCUT2D eigenvalue weighted by atomic mass is 127. The first kappa shape index (κ1) is 26.8. The van der Waals surface area contributed by atoms with Gasteiger partial charge in [-0.3, -0.25) is 4.99 Å². The zero-order valence-electron chi connectivity index (χ0n) is 19.5. The first-order chi connectivity index (χ1) is 13.9. The first-order valence-corrected chi connectivity index (χ1v) is 10.7. The van der Waals surface area contributed by atoms with Crippen LogP contribution in [0.1, 0.15) is 45.6 Å². The predicted octanol–water partition coefficient (Wildman–Crippen LogP) is 4.31. The normalized spacial score (nSPS) is 15.3. The van der Waals surface area contributed by atoms with Crippen LogP contribution in [0.15, 0.2) is 23.2 Å². The second-order valence-corrected chi connectivity index (χ2v) is 8.39. The van der Waals surface area contributed by atoms with Crippen molar-refractivity contribution in [2.75, 3.05) is 54.1 Å². The molecule has 0 saturated carbocycles. The largest absolute Gasteiger partial charge is 0.493 e. The van der Waals surface area contributed by atoms with Crippen LogP contribution < -0.4 is 14.8 Å². The van der Waals surface area contributed by atoms with Crippen molar-refractivity contribution in [3.05, 3.63) is 23.8 Å². The SMILES string of the molecule is CCNC(=NCC(C)(C)c1ccc(OC)c(OC)c1)N(C)CCC1CCOCC1.I. The molecule has 1 fully saturated rings. The number of aliphatic imine (C=N–C) groups is 1. The van der Waals surface area contributed by atoms with Gasteiger partial charge in [-0.25, -0.2) is 0 Å². The lowest BCUT2D eigenvalue weighted by molar-refractivity contribution is 0.0625. The molecule has 0 unspecified atom stereocenters. The Labute approximate surface area is 199 Å². The summed E-state index contributed by atoms with van der Waals surface area (Å²) in [7, 11) is 5.46. The van der Waals surface area contributed by atoms with E-state index in [1.165, 1.54) is 24.8 Å². The van der Waals surface area contributed by atoms with Gasteiger partial charge < -0.3 is 24.4 Å². The van der Waals surface area contributed by atoms with Crippen LogP contribution in [0.25, 0.3) is 0 Å². The Balaban J connectivity index is 0.00000450. The molecular weight excluding hydrogens is 493 g/mol. The Morgan fingerprint density at radius 2 is 1.87 bits per heavy atom. The number of nitrogens with one attached hydrogen (secondary N) is 1. The lowest BCUT2D eigenvalue weighted by Crippen LogP contribution is -2.41. The quantitative estimate of drug-likeness (QED) is 0.291. The lowest BCUT2D eigenvalue weighted by Gasteiger charge is -2.28. The molecule has 1 aromatic rings. The molecule has 0 aliphatic carbocycles. The van der Waals surface area contributed by atoms with Gasteiger partial charge in [0.05, 0.1) is 20.8 Å².